The number of urea groups is 1. The fraction of sp³-hybridized carbons (Fsp3) is 0.267. The van der Waals surface area contributed by atoms with Crippen molar-refractivity contribution < 1.29 is 9.59 Å². The van der Waals surface area contributed by atoms with E-state index in [1.54, 1.807) is 13.0 Å². The van der Waals surface area contributed by atoms with Crippen molar-refractivity contribution in [3.8, 4) is 0 Å². The number of rotatable bonds is 4. The lowest BCUT2D eigenvalue weighted by molar-refractivity contribution is 0.0959. The molecule has 0 saturated carbocycles. The normalized spacial score (nSPS) is 10.1. The number of carbonyl (C=O) groups is 2. The maximum Gasteiger partial charge on any atom is 0.325 e. The van der Waals surface area contributed by atoms with E-state index >= 15 is 0 Å². The van der Waals surface area contributed by atoms with Gasteiger partial charge in [-0.05, 0) is 38.5 Å². The minimum absolute atomic E-state index is 0.176. The number of anilines is 2. The molecule has 0 saturated heterocycles. The summed E-state index contributed by atoms with van der Waals surface area (Å²) in [5.41, 5.74) is 2.36. The average molecular weight is 318 g/mol. The lowest BCUT2D eigenvalue weighted by Gasteiger charge is -2.05. The van der Waals surface area contributed by atoms with E-state index in [2.05, 4.69) is 20.9 Å². The van der Waals surface area contributed by atoms with E-state index in [0.717, 1.165) is 16.9 Å². The van der Waals surface area contributed by atoms with Crippen LogP contribution in [0.5, 0.6) is 0 Å². The fourth-order valence-corrected chi connectivity index (χ4v) is 2.76. The van der Waals surface area contributed by atoms with Crippen LogP contribution in [0.4, 0.5) is 15.6 Å². The first-order valence-electron chi connectivity index (χ1n) is 6.90. The Balaban J connectivity index is 2.03. The van der Waals surface area contributed by atoms with Gasteiger partial charge in [0.25, 0.3) is 5.91 Å². The summed E-state index contributed by atoms with van der Waals surface area (Å²) in [6.07, 6.45) is 0. The first-order chi connectivity index (χ1) is 10.5. The average Bonchev–Trinajstić information content (AvgIpc) is 2.79. The van der Waals surface area contributed by atoms with Crippen LogP contribution in [0.15, 0.2) is 24.3 Å². The van der Waals surface area contributed by atoms with Crippen molar-refractivity contribution in [1.82, 2.24) is 10.3 Å². The molecule has 2 aromatic rings. The van der Waals surface area contributed by atoms with Gasteiger partial charge in [-0.3, -0.25) is 10.1 Å². The zero-order valence-corrected chi connectivity index (χ0v) is 13.5. The van der Waals surface area contributed by atoms with Crippen molar-refractivity contribution in [3.63, 3.8) is 0 Å². The maximum absolute atomic E-state index is 12.0. The lowest BCUT2D eigenvalue weighted by atomic mass is 10.2. The summed E-state index contributed by atoms with van der Waals surface area (Å²) in [4.78, 5) is 28.5. The Bertz CT molecular complexity index is 697. The van der Waals surface area contributed by atoms with E-state index in [1.807, 2.05) is 32.0 Å². The van der Waals surface area contributed by atoms with Gasteiger partial charge in [0.15, 0.2) is 5.13 Å². The van der Waals surface area contributed by atoms with E-state index in [9.17, 15) is 9.59 Å². The molecule has 6 nitrogen and oxygen atoms in total. The van der Waals surface area contributed by atoms with Gasteiger partial charge in [0.1, 0.15) is 4.88 Å². The number of aromatic nitrogens is 1. The molecule has 22 heavy (non-hydrogen) atoms. The van der Waals surface area contributed by atoms with Crippen molar-refractivity contribution in [2.45, 2.75) is 20.8 Å². The Morgan fingerprint density at radius 1 is 1.23 bits per heavy atom. The summed E-state index contributed by atoms with van der Waals surface area (Å²) in [7, 11) is 0. The summed E-state index contributed by atoms with van der Waals surface area (Å²) in [5, 5.41) is 8.49. The Morgan fingerprint density at radius 3 is 2.68 bits per heavy atom. The quantitative estimate of drug-likeness (QED) is 0.809. The van der Waals surface area contributed by atoms with Gasteiger partial charge in [-0.1, -0.05) is 23.5 Å². The smallest absolute Gasteiger partial charge is 0.325 e. The summed E-state index contributed by atoms with van der Waals surface area (Å²) < 4.78 is 0. The third-order valence-electron chi connectivity index (χ3n) is 2.84. The van der Waals surface area contributed by atoms with Crippen LogP contribution in [-0.4, -0.2) is 23.5 Å². The second-order valence-corrected chi connectivity index (χ2v) is 5.74. The van der Waals surface area contributed by atoms with Crippen LogP contribution in [0.3, 0.4) is 0 Å². The molecule has 0 aliphatic rings. The standard InChI is InChI=1S/C15H18N4O2S/c1-4-16-13(20)12-10(3)17-15(22-12)19-14(21)18-11-7-5-6-9(2)8-11/h5-8H,4H2,1-3H3,(H,16,20)(H2,17,18,19,21). The monoisotopic (exact) mass is 318 g/mol. The molecule has 0 bridgehead atoms. The Morgan fingerprint density at radius 2 is 2.00 bits per heavy atom. The van der Waals surface area contributed by atoms with E-state index in [-0.39, 0.29) is 11.9 Å². The predicted octanol–water partition coefficient (Wildman–Crippen LogP) is 3.15. The van der Waals surface area contributed by atoms with Gasteiger partial charge in [-0.25, -0.2) is 9.78 Å². The largest absolute Gasteiger partial charge is 0.352 e. The van der Waals surface area contributed by atoms with Gasteiger partial charge < -0.3 is 10.6 Å². The Hall–Kier alpha value is -2.41. The molecule has 0 fully saturated rings. The van der Waals surface area contributed by atoms with Crippen LogP contribution in [-0.2, 0) is 0 Å². The van der Waals surface area contributed by atoms with Gasteiger partial charge >= 0.3 is 6.03 Å². The second kappa shape index (κ2) is 7.04. The fourth-order valence-electron chi connectivity index (χ4n) is 1.88. The number of amides is 3. The summed E-state index contributed by atoms with van der Waals surface area (Å²) in [6, 6.07) is 7.10. The number of aryl methyl sites for hydroxylation is 2. The number of nitrogens with one attached hydrogen (secondary N) is 3. The molecular weight excluding hydrogens is 300 g/mol. The predicted molar refractivity (Wildman–Crippen MR) is 88.7 cm³/mol. The summed E-state index contributed by atoms with van der Waals surface area (Å²) >= 11 is 1.15. The lowest BCUT2D eigenvalue weighted by Crippen LogP contribution is -2.22. The molecule has 7 heteroatoms. The van der Waals surface area contributed by atoms with Crippen molar-refractivity contribution in [2.24, 2.45) is 0 Å². The molecule has 0 atom stereocenters. The van der Waals surface area contributed by atoms with Crippen molar-refractivity contribution in [1.29, 1.82) is 0 Å². The van der Waals surface area contributed by atoms with Crippen LogP contribution in [0.2, 0.25) is 0 Å². The molecule has 1 aromatic heterocycles. The van der Waals surface area contributed by atoms with Crippen LogP contribution >= 0.6 is 11.3 Å². The molecule has 0 unspecified atom stereocenters. The zero-order valence-electron chi connectivity index (χ0n) is 12.7. The number of hydrogen-bond donors (Lipinski definition) is 3. The van der Waals surface area contributed by atoms with Gasteiger partial charge in [0.05, 0.1) is 5.69 Å². The van der Waals surface area contributed by atoms with Crippen molar-refractivity contribution in [2.75, 3.05) is 17.2 Å². The maximum atomic E-state index is 12.0. The van der Waals surface area contributed by atoms with Crippen LogP contribution in [0.25, 0.3) is 0 Å². The topological polar surface area (TPSA) is 83.1 Å². The highest BCUT2D eigenvalue weighted by atomic mass is 32.1. The highest BCUT2D eigenvalue weighted by Gasteiger charge is 2.15. The van der Waals surface area contributed by atoms with Crippen LogP contribution in [0, 0.1) is 13.8 Å². The first kappa shape index (κ1) is 16.0. The number of hydrogen-bond acceptors (Lipinski definition) is 4. The molecule has 1 aromatic carbocycles. The van der Waals surface area contributed by atoms with E-state index in [4.69, 9.17) is 0 Å². The Kier molecular flexibility index (Phi) is 5.11. The van der Waals surface area contributed by atoms with Gasteiger partial charge in [0.2, 0.25) is 0 Å². The summed E-state index contributed by atoms with van der Waals surface area (Å²) in [5.74, 6) is -0.176. The minimum Gasteiger partial charge on any atom is -0.352 e. The van der Waals surface area contributed by atoms with Gasteiger partial charge in [0, 0.05) is 12.2 Å². The molecule has 0 aliphatic heterocycles. The number of carbonyl (C=O) groups excluding carboxylic acids is 2. The van der Waals surface area contributed by atoms with Crippen molar-refractivity contribution in [3.05, 3.63) is 40.4 Å². The van der Waals surface area contributed by atoms with Crippen LogP contribution < -0.4 is 16.0 Å². The van der Waals surface area contributed by atoms with E-state index in [0.29, 0.717) is 27.9 Å². The Labute approximate surface area is 133 Å². The number of benzene rings is 1. The number of nitrogens with zero attached hydrogens (tertiary/aromatic N) is 1. The molecule has 3 amide bonds. The van der Waals surface area contributed by atoms with E-state index in [1.165, 1.54) is 0 Å². The molecule has 2 rings (SSSR count). The zero-order chi connectivity index (χ0) is 16.1. The first-order valence-corrected chi connectivity index (χ1v) is 7.71. The van der Waals surface area contributed by atoms with Crippen molar-refractivity contribution >= 4 is 34.1 Å². The SMILES string of the molecule is CCNC(=O)c1sc(NC(=O)Nc2cccc(C)c2)nc1C. The third-order valence-corrected chi connectivity index (χ3v) is 3.91. The minimum atomic E-state index is -0.387. The molecule has 0 aliphatic carbocycles. The molecular formula is C15H18N4O2S. The molecule has 0 spiro atoms. The molecule has 0 radical (unpaired) electrons. The van der Waals surface area contributed by atoms with Gasteiger partial charge in [-0.15, -0.1) is 0 Å². The third kappa shape index (κ3) is 4.05. The summed E-state index contributed by atoms with van der Waals surface area (Å²) in [6.45, 7) is 6.09. The van der Waals surface area contributed by atoms with E-state index < -0.39 is 0 Å². The molecule has 116 valence electrons. The molecule has 1 heterocycles. The highest BCUT2D eigenvalue weighted by Crippen LogP contribution is 2.22. The highest BCUT2D eigenvalue weighted by molar-refractivity contribution is 7.17. The number of thiazole rings is 1. The second-order valence-electron chi connectivity index (χ2n) is 4.74. The van der Waals surface area contributed by atoms with Gasteiger partial charge in [-0.2, -0.15) is 0 Å². The molecule has 3 N–H and O–H groups in total. The van der Waals surface area contributed by atoms with Crippen LogP contribution in [0.1, 0.15) is 27.9 Å².